The van der Waals surface area contributed by atoms with Gasteiger partial charge >= 0.3 is 0 Å². The molecule has 1 aliphatic rings. The molecule has 0 radical (unpaired) electrons. The molecule has 0 N–H and O–H groups in total. The van der Waals surface area contributed by atoms with E-state index >= 15 is 0 Å². The van der Waals surface area contributed by atoms with E-state index in [-0.39, 0.29) is 5.78 Å². The van der Waals surface area contributed by atoms with Gasteiger partial charge in [0.15, 0.2) is 5.78 Å². The molecule has 1 nitrogen and oxygen atoms in total. The quantitative estimate of drug-likeness (QED) is 0.625. The predicted molar refractivity (Wildman–Crippen MR) is 106 cm³/mol. The third-order valence-electron chi connectivity index (χ3n) is 4.93. The van der Waals surface area contributed by atoms with E-state index in [1.807, 2.05) is 0 Å². The van der Waals surface area contributed by atoms with E-state index in [1.165, 1.54) is 11.1 Å². The molecule has 0 amide bonds. The fourth-order valence-corrected chi connectivity index (χ4v) is 3.28. The summed E-state index contributed by atoms with van der Waals surface area (Å²) in [7, 11) is 0. The molecule has 0 saturated heterocycles. The van der Waals surface area contributed by atoms with Crippen molar-refractivity contribution >= 4 is 17.9 Å². The number of ketones is 1. The summed E-state index contributed by atoms with van der Waals surface area (Å²) in [5, 5.41) is 0. The standard InChI is InChI=1S/C24H26O/c1-3-18-8-12-20(13-9-18)16-22-6-5-7-23(24(22)25)17-21-14-10-19(4-2)11-15-21/h8-17H,3-7H2,1-2H3. The number of Topliss-reactive ketones (excluding diaryl/α,β-unsaturated/α-hetero) is 1. The Morgan fingerprint density at radius 2 is 1.12 bits per heavy atom. The molecule has 0 spiro atoms. The Kier molecular flexibility index (Phi) is 5.65. The van der Waals surface area contributed by atoms with Crippen LogP contribution >= 0.6 is 0 Å². The average Bonchev–Trinajstić information content (AvgIpc) is 2.66. The average molecular weight is 330 g/mol. The smallest absolute Gasteiger partial charge is 0.185 e. The number of hydrogen-bond donors (Lipinski definition) is 0. The maximum absolute atomic E-state index is 12.8. The summed E-state index contributed by atoms with van der Waals surface area (Å²) in [6, 6.07) is 17.0. The molecular weight excluding hydrogens is 304 g/mol. The Hall–Kier alpha value is -2.41. The molecule has 1 saturated carbocycles. The summed E-state index contributed by atoms with van der Waals surface area (Å²) in [5.74, 6) is 0.213. The molecule has 0 heterocycles. The van der Waals surface area contributed by atoms with E-state index < -0.39 is 0 Å². The number of aryl methyl sites for hydroxylation is 2. The van der Waals surface area contributed by atoms with Gasteiger partial charge in [-0.25, -0.2) is 0 Å². The van der Waals surface area contributed by atoms with Crippen LogP contribution in [0.1, 0.15) is 55.4 Å². The largest absolute Gasteiger partial charge is 0.289 e. The van der Waals surface area contributed by atoms with E-state index in [0.717, 1.165) is 54.4 Å². The van der Waals surface area contributed by atoms with Crippen molar-refractivity contribution in [2.75, 3.05) is 0 Å². The Morgan fingerprint density at radius 1 is 0.720 bits per heavy atom. The summed E-state index contributed by atoms with van der Waals surface area (Å²) in [4.78, 5) is 12.8. The molecule has 128 valence electrons. The third-order valence-corrected chi connectivity index (χ3v) is 4.93. The van der Waals surface area contributed by atoms with Crippen molar-refractivity contribution in [1.82, 2.24) is 0 Å². The zero-order valence-corrected chi connectivity index (χ0v) is 15.2. The van der Waals surface area contributed by atoms with E-state index in [2.05, 4.69) is 74.5 Å². The number of benzene rings is 2. The van der Waals surface area contributed by atoms with E-state index in [1.54, 1.807) is 0 Å². The Labute approximate surface area is 151 Å². The minimum Gasteiger partial charge on any atom is -0.289 e. The van der Waals surface area contributed by atoms with Crippen molar-refractivity contribution in [3.8, 4) is 0 Å². The minimum absolute atomic E-state index is 0.213. The second-order valence-corrected chi connectivity index (χ2v) is 6.71. The number of hydrogen-bond acceptors (Lipinski definition) is 1. The topological polar surface area (TPSA) is 17.1 Å². The molecule has 2 aromatic carbocycles. The first-order chi connectivity index (χ1) is 12.2. The van der Waals surface area contributed by atoms with Crippen molar-refractivity contribution in [2.24, 2.45) is 0 Å². The summed E-state index contributed by atoms with van der Waals surface area (Å²) < 4.78 is 0. The molecule has 1 heteroatoms. The summed E-state index contributed by atoms with van der Waals surface area (Å²) in [5.41, 5.74) is 6.77. The molecule has 3 rings (SSSR count). The first-order valence-electron chi connectivity index (χ1n) is 9.33. The molecule has 1 fully saturated rings. The second-order valence-electron chi connectivity index (χ2n) is 6.71. The van der Waals surface area contributed by atoms with Crippen molar-refractivity contribution in [3.05, 3.63) is 81.9 Å². The van der Waals surface area contributed by atoms with Crippen LogP contribution in [0.25, 0.3) is 12.2 Å². The van der Waals surface area contributed by atoms with Crippen LogP contribution < -0.4 is 0 Å². The Bertz CT molecular complexity index is 721. The van der Waals surface area contributed by atoms with E-state index in [0.29, 0.717) is 0 Å². The molecule has 0 atom stereocenters. The maximum Gasteiger partial charge on any atom is 0.185 e. The highest BCUT2D eigenvalue weighted by molar-refractivity contribution is 6.13. The molecule has 0 bridgehead atoms. The van der Waals surface area contributed by atoms with Gasteiger partial charge in [0, 0.05) is 11.1 Å². The first-order valence-corrected chi connectivity index (χ1v) is 9.33. The fraction of sp³-hybridized carbons (Fsp3) is 0.292. The fourth-order valence-electron chi connectivity index (χ4n) is 3.28. The van der Waals surface area contributed by atoms with Crippen LogP contribution in [0, 0.1) is 0 Å². The van der Waals surface area contributed by atoms with E-state index in [4.69, 9.17) is 0 Å². The van der Waals surface area contributed by atoms with Crippen LogP contribution in [0.15, 0.2) is 59.7 Å². The number of carbonyl (C=O) groups excluding carboxylic acids is 1. The first kappa shape index (κ1) is 17.4. The monoisotopic (exact) mass is 330 g/mol. The van der Waals surface area contributed by atoms with Crippen LogP contribution in [-0.2, 0) is 17.6 Å². The zero-order valence-electron chi connectivity index (χ0n) is 15.2. The van der Waals surface area contributed by atoms with Gasteiger partial charge in [0.25, 0.3) is 0 Å². The van der Waals surface area contributed by atoms with Gasteiger partial charge < -0.3 is 0 Å². The van der Waals surface area contributed by atoms with Crippen LogP contribution in [-0.4, -0.2) is 5.78 Å². The third kappa shape index (κ3) is 4.36. The molecule has 0 unspecified atom stereocenters. The normalized spacial score (nSPS) is 18.1. The van der Waals surface area contributed by atoms with Gasteiger partial charge in [-0.15, -0.1) is 0 Å². The lowest BCUT2D eigenvalue weighted by molar-refractivity contribution is -0.112. The van der Waals surface area contributed by atoms with Crippen LogP contribution in [0.5, 0.6) is 0 Å². The molecule has 0 aromatic heterocycles. The Morgan fingerprint density at radius 3 is 1.48 bits per heavy atom. The molecule has 0 aliphatic heterocycles. The Balaban J connectivity index is 1.81. The molecule has 1 aliphatic carbocycles. The lowest BCUT2D eigenvalue weighted by Gasteiger charge is -2.16. The lowest BCUT2D eigenvalue weighted by Crippen LogP contribution is -2.12. The SMILES string of the molecule is CCc1ccc(C=C2CCCC(=Cc3ccc(CC)cc3)C2=O)cc1. The van der Waals surface area contributed by atoms with Gasteiger partial charge in [0.1, 0.15) is 0 Å². The van der Waals surface area contributed by atoms with Gasteiger partial charge in [0.2, 0.25) is 0 Å². The van der Waals surface area contributed by atoms with E-state index in [9.17, 15) is 4.79 Å². The van der Waals surface area contributed by atoms with Crippen molar-refractivity contribution < 1.29 is 4.79 Å². The lowest BCUT2D eigenvalue weighted by atomic mass is 9.86. The number of carbonyl (C=O) groups is 1. The van der Waals surface area contributed by atoms with Gasteiger partial charge in [-0.1, -0.05) is 62.4 Å². The minimum atomic E-state index is 0.213. The summed E-state index contributed by atoms with van der Waals surface area (Å²) in [6.45, 7) is 4.31. The van der Waals surface area contributed by atoms with Gasteiger partial charge in [-0.2, -0.15) is 0 Å². The van der Waals surface area contributed by atoms with Crippen LogP contribution in [0.2, 0.25) is 0 Å². The zero-order chi connectivity index (χ0) is 17.6. The van der Waals surface area contributed by atoms with Crippen LogP contribution in [0.3, 0.4) is 0 Å². The summed E-state index contributed by atoms with van der Waals surface area (Å²) in [6.07, 6.45) is 9.01. The number of allylic oxidation sites excluding steroid dienone is 2. The number of rotatable bonds is 4. The molecule has 25 heavy (non-hydrogen) atoms. The van der Waals surface area contributed by atoms with Gasteiger partial charge in [-0.3, -0.25) is 4.79 Å². The molecular formula is C24H26O. The highest BCUT2D eigenvalue weighted by Gasteiger charge is 2.20. The van der Waals surface area contributed by atoms with Gasteiger partial charge in [-0.05, 0) is 66.5 Å². The molecule has 2 aromatic rings. The van der Waals surface area contributed by atoms with Crippen molar-refractivity contribution in [2.45, 2.75) is 46.0 Å². The predicted octanol–water partition coefficient (Wildman–Crippen LogP) is 6.03. The van der Waals surface area contributed by atoms with Crippen molar-refractivity contribution in [3.63, 3.8) is 0 Å². The van der Waals surface area contributed by atoms with Gasteiger partial charge in [0.05, 0.1) is 0 Å². The van der Waals surface area contributed by atoms with Crippen LogP contribution in [0.4, 0.5) is 0 Å². The maximum atomic E-state index is 12.8. The summed E-state index contributed by atoms with van der Waals surface area (Å²) >= 11 is 0. The van der Waals surface area contributed by atoms with Crippen molar-refractivity contribution in [1.29, 1.82) is 0 Å². The highest BCUT2D eigenvalue weighted by atomic mass is 16.1. The second kappa shape index (κ2) is 8.11. The highest BCUT2D eigenvalue weighted by Crippen LogP contribution is 2.28.